The molecule has 4 aromatic rings. The Bertz CT molecular complexity index is 1160. The second-order valence-electron chi connectivity index (χ2n) is 6.37. The Morgan fingerprint density at radius 3 is 2.90 bits per heavy atom. The van der Waals surface area contributed by atoms with E-state index in [4.69, 9.17) is 9.84 Å². The van der Waals surface area contributed by atoms with Crippen LogP contribution in [-0.2, 0) is 0 Å². The molecule has 1 aromatic carbocycles. The van der Waals surface area contributed by atoms with Crippen LogP contribution in [0, 0.1) is 0 Å². The van der Waals surface area contributed by atoms with Gasteiger partial charge >= 0.3 is 0 Å². The van der Waals surface area contributed by atoms with Crippen LogP contribution >= 0.6 is 0 Å². The van der Waals surface area contributed by atoms with Crippen molar-refractivity contribution >= 4 is 17.4 Å². The number of rotatable bonds is 7. The number of nitrogens with one attached hydrogen (secondary N) is 1. The molecule has 30 heavy (non-hydrogen) atoms. The first-order valence-electron chi connectivity index (χ1n) is 9.10. The number of carbonyl (C=O) groups is 1. The van der Waals surface area contributed by atoms with Crippen LogP contribution in [0.3, 0.4) is 0 Å². The minimum absolute atomic E-state index is 0.0271. The van der Waals surface area contributed by atoms with Crippen LogP contribution in [0.1, 0.15) is 10.5 Å². The Hall–Kier alpha value is -3.89. The third kappa shape index (κ3) is 4.24. The number of fused-ring (bicyclic) bond motifs is 1. The Morgan fingerprint density at radius 2 is 2.10 bits per heavy atom. The number of hydrogen-bond acceptors (Lipinski definition) is 8. The van der Waals surface area contributed by atoms with Crippen LogP contribution < -0.4 is 10.1 Å². The van der Waals surface area contributed by atoms with E-state index in [2.05, 4.69) is 25.6 Å². The highest BCUT2D eigenvalue weighted by Gasteiger charge is 2.15. The molecule has 1 unspecified atom stereocenters. The number of carbonyl (C=O) groups excluding carboxylic acids is 1. The van der Waals surface area contributed by atoms with Gasteiger partial charge in [0.1, 0.15) is 18.5 Å². The van der Waals surface area contributed by atoms with Gasteiger partial charge in [0.2, 0.25) is 0 Å². The molecule has 0 aliphatic heterocycles. The molecule has 3 heterocycles. The predicted molar refractivity (Wildman–Crippen MR) is 107 cm³/mol. The maximum atomic E-state index is 12.6. The molecule has 4 rings (SSSR count). The minimum Gasteiger partial charge on any atom is -0.491 e. The third-order valence-corrected chi connectivity index (χ3v) is 4.19. The summed E-state index contributed by atoms with van der Waals surface area (Å²) in [6, 6.07) is 14.0. The maximum Gasteiger partial charge on any atom is 0.277 e. The van der Waals surface area contributed by atoms with Crippen LogP contribution in [0.25, 0.3) is 16.9 Å². The monoisotopic (exact) mass is 406 g/mol. The Balaban J connectivity index is 1.60. The summed E-state index contributed by atoms with van der Waals surface area (Å²) in [6.45, 7) is -0.404. The van der Waals surface area contributed by atoms with Crippen molar-refractivity contribution < 1.29 is 19.7 Å². The number of imidazole rings is 1. The number of benzene rings is 1. The lowest BCUT2D eigenvalue weighted by molar-refractivity contribution is 0.0536. The summed E-state index contributed by atoms with van der Waals surface area (Å²) in [4.78, 5) is 16.8. The lowest BCUT2D eigenvalue weighted by Crippen LogP contribution is -2.21. The lowest BCUT2D eigenvalue weighted by Gasteiger charge is -2.11. The van der Waals surface area contributed by atoms with E-state index in [-0.39, 0.29) is 18.9 Å². The fourth-order valence-corrected chi connectivity index (χ4v) is 2.72. The van der Waals surface area contributed by atoms with Crippen LogP contribution in [0.2, 0.25) is 0 Å². The minimum atomic E-state index is -0.954. The summed E-state index contributed by atoms with van der Waals surface area (Å²) >= 11 is 0. The molecule has 3 N–H and O–H groups in total. The molecule has 0 aliphatic rings. The van der Waals surface area contributed by atoms with E-state index in [1.165, 1.54) is 16.9 Å². The van der Waals surface area contributed by atoms with Gasteiger partial charge in [0.15, 0.2) is 17.2 Å². The van der Waals surface area contributed by atoms with Gasteiger partial charge in [-0.1, -0.05) is 12.1 Å². The Labute approximate surface area is 170 Å². The molecule has 0 saturated carbocycles. The van der Waals surface area contributed by atoms with Gasteiger partial charge < -0.3 is 20.3 Å². The first kappa shape index (κ1) is 19.4. The molecule has 3 aromatic heterocycles. The molecule has 0 bridgehead atoms. The van der Waals surface area contributed by atoms with Crippen LogP contribution in [-0.4, -0.2) is 60.2 Å². The average molecular weight is 406 g/mol. The predicted octanol–water partition coefficient (Wildman–Crippen LogP) is 1.17. The zero-order valence-electron chi connectivity index (χ0n) is 15.7. The molecule has 10 nitrogen and oxygen atoms in total. The van der Waals surface area contributed by atoms with E-state index in [1.807, 2.05) is 6.07 Å². The molecule has 1 atom stereocenters. The SMILES string of the molecule is O=C(Nc1cccnn1)c1cnc2ccc(-c3cccc(OCC(O)CO)c3)nn12. The first-order valence-corrected chi connectivity index (χ1v) is 9.10. The molecule has 0 aliphatic carbocycles. The molecule has 152 valence electrons. The number of aliphatic hydroxyl groups excluding tert-OH is 2. The first-order chi connectivity index (χ1) is 14.6. The number of amides is 1. The van der Waals surface area contributed by atoms with E-state index in [9.17, 15) is 9.90 Å². The summed E-state index contributed by atoms with van der Waals surface area (Å²) < 4.78 is 6.94. The maximum absolute atomic E-state index is 12.6. The molecule has 10 heteroatoms. The van der Waals surface area contributed by atoms with Crippen molar-refractivity contribution in [1.82, 2.24) is 24.8 Å². The van der Waals surface area contributed by atoms with Crippen molar-refractivity contribution in [3.63, 3.8) is 0 Å². The summed E-state index contributed by atoms with van der Waals surface area (Å²) in [5.41, 5.74) is 2.11. The highest BCUT2D eigenvalue weighted by molar-refractivity contribution is 6.02. The molecule has 0 fully saturated rings. The van der Waals surface area contributed by atoms with Gasteiger partial charge in [0.05, 0.1) is 18.5 Å². The smallest absolute Gasteiger partial charge is 0.277 e. The fourth-order valence-electron chi connectivity index (χ4n) is 2.72. The van der Waals surface area contributed by atoms with E-state index in [1.54, 1.807) is 42.5 Å². The third-order valence-electron chi connectivity index (χ3n) is 4.19. The highest BCUT2D eigenvalue weighted by Crippen LogP contribution is 2.23. The van der Waals surface area contributed by atoms with Crippen LogP contribution in [0.5, 0.6) is 5.75 Å². The normalized spacial score (nSPS) is 11.9. The average Bonchev–Trinajstić information content (AvgIpc) is 3.22. The van der Waals surface area contributed by atoms with Crippen molar-refractivity contribution in [2.24, 2.45) is 0 Å². The molecular formula is C20H18N6O4. The van der Waals surface area contributed by atoms with Crippen molar-refractivity contribution in [2.75, 3.05) is 18.5 Å². The van der Waals surface area contributed by atoms with E-state index in [0.717, 1.165) is 5.56 Å². The van der Waals surface area contributed by atoms with Crippen molar-refractivity contribution in [1.29, 1.82) is 0 Å². The van der Waals surface area contributed by atoms with E-state index < -0.39 is 12.0 Å². The standard InChI is InChI=1S/C20H18N6O4/c27-11-14(28)12-30-15-4-1-3-13(9-15)16-6-7-19-21-10-17(26(19)25-16)20(29)23-18-5-2-8-22-24-18/h1-10,14,27-28H,11-12H2,(H,23,24,29). The van der Waals surface area contributed by atoms with Crippen molar-refractivity contribution in [2.45, 2.75) is 6.10 Å². The molecular weight excluding hydrogens is 388 g/mol. The van der Waals surface area contributed by atoms with Gasteiger partial charge in [0, 0.05) is 11.8 Å². The number of ether oxygens (including phenoxy) is 1. The molecule has 0 radical (unpaired) electrons. The van der Waals surface area contributed by atoms with Gasteiger partial charge in [-0.25, -0.2) is 9.50 Å². The summed E-state index contributed by atoms with van der Waals surface area (Å²) in [7, 11) is 0. The zero-order chi connectivity index (χ0) is 20.9. The summed E-state index contributed by atoms with van der Waals surface area (Å²) in [5.74, 6) is 0.430. The summed E-state index contributed by atoms with van der Waals surface area (Å²) in [5, 5.41) is 33.1. The quantitative estimate of drug-likeness (QED) is 0.416. The topological polar surface area (TPSA) is 135 Å². The molecule has 0 saturated heterocycles. The molecule has 0 spiro atoms. The number of aliphatic hydroxyl groups is 2. The second-order valence-corrected chi connectivity index (χ2v) is 6.37. The fraction of sp³-hybridized carbons (Fsp3) is 0.150. The van der Waals surface area contributed by atoms with Crippen molar-refractivity contribution in [3.8, 4) is 17.0 Å². The number of anilines is 1. The number of nitrogens with zero attached hydrogens (tertiary/aromatic N) is 5. The number of aromatic nitrogens is 5. The zero-order valence-corrected chi connectivity index (χ0v) is 15.7. The van der Waals surface area contributed by atoms with E-state index in [0.29, 0.717) is 22.9 Å². The number of hydrogen-bond donors (Lipinski definition) is 3. The van der Waals surface area contributed by atoms with Crippen LogP contribution in [0.4, 0.5) is 5.82 Å². The van der Waals surface area contributed by atoms with E-state index >= 15 is 0 Å². The van der Waals surface area contributed by atoms with Crippen LogP contribution in [0.15, 0.2) is 60.9 Å². The molecule has 1 amide bonds. The van der Waals surface area contributed by atoms with Crippen molar-refractivity contribution in [3.05, 3.63) is 66.6 Å². The van der Waals surface area contributed by atoms with Gasteiger partial charge in [0.25, 0.3) is 5.91 Å². The van der Waals surface area contributed by atoms with Gasteiger partial charge in [-0.05, 0) is 36.4 Å². The van der Waals surface area contributed by atoms with Gasteiger partial charge in [-0.15, -0.1) is 5.10 Å². The van der Waals surface area contributed by atoms with Gasteiger partial charge in [-0.3, -0.25) is 4.79 Å². The lowest BCUT2D eigenvalue weighted by atomic mass is 10.1. The van der Waals surface area contributed by atoms with Gasteiger partial charge in [-0.2, -0.15) is 10.2 Å². The Morgan fingerprint density at radius 1 is 1.20 bits per heavy atom. The second kappa shape index (κ2) is 8.64. The largest absolute Gasteiger partial charge is 0.491 e. The highest BCUT2D eigenvalue weighted by atomic mass is 16.5. The Kier molecular flexibility index (Phi) is 5.59. The summed E-state index contributed by atoms with van der Waals surface area (Å²) in [6.07, 6.45) is 2.00.